The molecule has 3 aromatic carbocycles. The van der Waals surface area contributed by atoms with Gasteiger partial charge in [-0.2, -0.15) is 0 Å². The Morgan fingerprint density at radius 1 is 1.12 bits per heavy atom. The number of nitrogens with zero attached hydrogens (tertiary/aromatic N) is 1. The van der Waals surface area contributed by atoms with Crippen LogP contribution in [0.4, 0.5) is 5.69 Å². The summed E-state index contributed by atoms with van der Waals surface area (Å²) in [6.07, 6.45) is 1.76. The summed E-state index contributed by atoms with van der Waals surface area (Å²) >= 11 is 14.2. The lowest BCUT2D eigenvalue weighted by Crippen LogP contribution is -2.27. The standard InChI is InChI=1S/C25H18ClNO4S3/c26-18-7-9-21(10-8-18)33-12-11-31-20-6-1-3-16(13-20)14-22-23(28)27(25(32)34-22)19-5-2-4-17(15-19)24(29)30/h1-10,13-15H,11-12H2,(H,29,30)/b22-14-. The van der Waals surface area contributed by atoms with Crippen molar-refractivity contribution in [3.05, 3.63) is 93.9 Å². The minimum absolute atomic E-state index is 0.0922. The molecule has 0 radical (unpaired) electrons. The van der Waals surface area contributed by atoms with Crippen molar-refractivity contribution in [2.75, 3.05) is 17.3 Å². The molecular formula is C25H18ClNO4S3. The molecule has 0 atom stereocenters. The van der Waals surface area contributed by atoms with Gasteiger partial charge in [-0.1, -0.05) is 53.8 Å². The van der Waals surface area contributed by atoms with Gasteiger partial charge < -0.3 is 9.84 Å². The summed E-state index contributed by atoms with van der Waals surface area (Å²) < 4.78 is 6.22. The summed E-state index contributed by atoms with van der Waals surface area (Å²) in [7, 11) is 0. The van der Waals surface area contributed by atoms with Crippen LogP contribution in [0.5, 0.6) is 5.75 Å². The minimum Gasteiger partial charge on any atom is -0.493 e. The van der Waals surface area contributed by atoms with Crippen LogP contribution in [0.15, 0.2) is 82.6 Å². The highest BCUT2D eigenvalue weighted by atomic mass is 35.5. The third-order valence-corrected chi connectivity index (χ3v) is 7.27. The van der Waals surface area contributed by atoms with E-state index in [9.17, 15) is 14.7 Å². The topological polar surface area (TPSA) is 66.8 Å². The molecular weight excluding hydrogens is 510 g/mol. The highest BCUT2D eigenvalue weighted by Gasteiger charge is 2.33. The maximum Gasteiger partial charge on any atom is 0.335 e. The molecule has 1 heterocycles. The summed E-state index contributed by atoms with van der Waals surface area (Å²) in [6, 6.07) is 21.3. The van der Waals surface area contributed by atoms with Gasteiger partial charge in [-0.3, -0.25) is 9.69 Å². The second-order valence-electron chi connectivity index (χ2n) is 7.10. The van der Waals surface area contributed by atoms with E-state index in [0.717, 1.165) is 16.2 Å². The number of carboxylic acids is 1. The monoisotopic (exact) mass is 527 g/mol. The number of hydrogen-bond acceptors (Lipinski definition) is 6. The number of ether oxygens (including phenoxy) is 1. The van der Waals surface area contributed by atoms with Crippen LogP contribution in [0.2, 0.25) is 5.02 Å². The molecule has 1 aliphatic heterocycles. The molecule has 9 heteroatoms. The Bertz CT molecular complexity index is 1280. The van der Waals surface area contributed by atoms with Gasteiger partial charge in [0.1, 0.15) is 5.75 Å². The minimum atomic E-state index is -1.06. The number of thioether (sulfide) groups is 2. The van der Waals surface area contributed by atoms with Crippen molar-refractivity contribution in [3.63, 3.8) is 0 Å². The van der Waals surface area contributed by atoms with Gasteiger partial charge in [0.25, 0.3) is 5.91 Å². The first-order valence-corrected chi connectivity index (χ1v) is 12.7. The number of rotatable bonds is 8. The lowest BCUT2D eigenvalue weighted by molar-refractivity contribution is -0.113. The van der Waals surface area contributed by atoms with E-state index in [1.54, 1.807) is 30.0 Å². The van der Waals surface area contributed by atoms with E-state index in [2.05, 4.69) is 0 Å². The van der Waals surface area contributed by atoms with E-state index in [1.807, 2.05) is 48.5 Å². The molecule has 1 fully saturated rings. The molecule has 1 N–H and O–H groups in total. The van der Waals surface area contributed by atoms with E-state index in [1.165, 1.54) is 28.8 Å². The Balaban J connectivity index is 1.41. The Morgan fingerprint density at radius 3 is 2.65 bits per heavy atom. The summed E-state index contributed by atoms with van der Waals surface area (Å²) in [5.41, 5.74) is 1.33. The summed E-state index contributed by atoms with van der Waals surface area (Å²) in [4.78, 5) is 27.2. The average Bonchev–Trinajstić information content (AvgIpc) is 3.10. The van der Waals surface area contributed by atoms with Gasteiger partial charge >= 0.3 is 5.97 Å². The van der Waals surface area contributed by atoms with Crippen LogP contribution in [0.3, 0.4) is 0 Å². The maximum atomic E-state index is 13.0. The average molecular weight is 528 g/mol. The fourth-order valence-electron chi connectivity index (χ4n) is 3.16. The number of anilines is 1. The van der Waals surface area contributed by atoms with E-state index in [-0.39, 0.29) is 11.5 Å². The van der Waals surface area contributed by atoms with Crippen LogP contribution >= 0.6 is 47.3 Å². The molecule has 0 spiro atoms. The second-order valence-corrected chi connectivity index (χ2v) is 10.4. The highest BCUT2D eigenvalue weighted by molar-refractivity contribution is 8.27. The highest BCUT2D eigenvalue weighted by Crippen LogP contribution is 2.36. The molecule has 0 aliphatic carbocycles. The summed E-state index contributed by atoms with van der Waals surface area (Å²) in [5.74, 6) is 0.129. The molecule has 0 bridgehead atoms. The molecule has 1 aliphatic rings. The lowest BCUT2D eigenvalue weighted by Gasteiger charge is -2.14. The van der Waals surface area contributed by atoms with Crippen LogP contribution in [0, 0.1) is 0 Å². The summed E-state index contributed by atoms with van der Waals surface area (Å²) in [5, 5.41) is 9.94. The number of carbonyl (C=O) groups is 2. The third kappa shape index (κ3) is 6.01. The molecule has 5 nitrogen and oxygen atoms in total. The van der Waals surface area contributed by atoms with E-state index >= 15 is 0 Å². The fraction of sp³-hybridized carbons (Fsp3) is 0.0800. The molecule has 3 aromatic rings. The zero-order valence-corrected chi connectivity index (χ0v) is 20.8. The molecule has 0 aromatic heterocycles. The van der Waals surface area contributed by atoms with Crippen LogP contribution in [0.1, 0.15) is 15.9 Å². The lowest BCUT2D eigenvalue weighted by atomic mass is 10.1. The Hall–Kier alpha value is -2.78. The second kappa shape index (κ2) is 11.1. The quantitative estimate of drug-likeness (QED) is 0.153. The SMILES string of the molecule is O=C(O)c1cccc(N2C(=O)/C(=C/c3cccc(OCCSc4ccc(Cl)cc4)c3)SC2=S)c1. The van der Waals surface area contributed by atoms with Crippen molar-refractivity contribution in [2.45, 2.75) is 4.90 Å². The number of carboxylic acid groups (broad SMARTS) is 1. The van der Waals surface area contributed by atoms with E-state index in [0.29, 0.717) is 32.3 Å². The normalized spacial score (nSPS) is 14.6. The number of carbonyl (C=O) groups excluding carboxylic acids is 1. The Labute approximate surface area is 215 Å². The van der Waals surface area contributed by atoms with Crippen molar-refractivity contribution >= 4 is 75.3 Å². The molecule has 172 valence electrons. The van der Waals surface area contributed by atoms with E-state index < -0.39 is 5.97 Å². The van der Waals surface area contributed by atoms with Crippen molar-refractivity contribution in [2.24, 2.45) is 0 Å². The third-order valence-electron chi connectivity index (χ3n) is 4.74. The molecule has 1 saturated heterocycles. The predicted octanol–water partition coefficient (Wildman–Crippen LogP) is 6.62. The van der Waals surface area contributed by atoms with Gasteiger partial charge in [-0.15, -0.1) is 11.8 Å². The van der Waals surface area contributed by atoms with Gasteiger partial charge in [0.05, 0.1) is 22.8 Å². The zero-order chi connectivity index (χ0) is 24.1. The van der Waals surface area contributed by atoms with Gasteiger partial charge in [-0.05, 0) is 66.2 Å². The van der Waals surface area contributed by atoms with Gasteiger partial charge in [-0.25, -0.2) is 4.79 Å². The first kappa shape index (κ1) is 24.3. The van der Waals surface area contributed by atoms with Gasteiger partial charge in [0, 0.05) is 15.7 Å². The fourth-order valence-corrected chi connectivity index (χ4v) is 5.32. The van der Waals surface area contributed by atoms with E-state index in [4.69, 9.17) is 28.6 Å². The van der Waals surface area contributed by atoms with Crippen molar-refractivity contribution in [3.8, 4) is 5.75 Å². The largest absolute Gasteiger partial charge is 0.493 e. The van der Waals surface area contributed by atoms with Crippen molar-refractivity contribution in [1.29, 1.82) is 0 Å². The zero-order valence-electron chi connectivity index (χ0n) is 17.6. The number of hydrogen-bond donors (Lipinski definition) is 1. The van der Waals surface area contributed by atoms with Gasteiger partial charge in [0.15, 0.2) is 4.32 Å². The molecule has 0 saturated carbocycles. The molecule has 4 rings (SSSR count). The molecule has 34 heavy (non-hydrogen) atoms. The number of amides is 1. The van der Waals surface area contributed by atoms with Crippen LogP contribution < -0.4 is 9.64 Å². The first-order chi connectivity index (χ1) is 16.4. The predicted molar refractivity (Wildman–Crippen MR) is 143 cm³/mol. The van der Waals surface area contributed by atoms with Crippen molar-refractivity contribution < 1.29 is 19.4 Å². The van der Waals surface area contributed by atoms with Crippen LogP contribution in [0.25, 0.3) is 6.08 Å². The number of aromatic carboxylic acids is 1. The van der Waals surface area contributed by atoms with Crippen LogP contribution in [-0.4, -0.2) is 33.7 Å². The van der Waals surface area contributed by atoms with Crippen LogP contribution in [-0.2, 0) is 4.79 Å². The summed E-state index contributed by atoms with van der Waals surface area (Å²) in [6.45, 7) is 0.527. The smallest absolute Gasteiger partial charge is 0.335 e. The van der Waals surface area contributed by atoms with Gasteiger partial charge in [0.2, 0.25) is 0 Å². The maximum absolute atomic E-state index is 13.0. The number of halogens is 1. The Kier molecular flexibility index (Phi) is 7.95. The van der Waals surface area contributed by atoms with Crippen molar-refractivity contribution in [1.82, 2.24) is 0 Å². The molecule has 0 unspecified atom stereocenters. The number of benzene rings is 3. The first-order valence-electron chi connectivity index (χ1n) is 10.1. The Morgan fingerprint density at radius 2 is 1.88 bits per heavy atom. The number of thiocarbonyl (C=S) groups is 1. The molecule has 1 amide bonds.